The minimum atomic E-state index is -2.57. The molecule has 1 aromatic carbocycles. The molecule has 2 aliphatic heterocycles. The van der Waals surface area contributed by atoms with Gasteiger partial charge < -0.3 is 15.5 Å². The molecule has 1 aliphatic carbocycles. The normalized spacial score (nSPS) is 28.2. The molecule has 3 aliphatic rings. The van der Waals surface area contributed by atoms with Crippen LogP contribution in [0.5, 0.6) is 0 Å². The third-order valence-corrected chi connectivity index (χ3v) is 7.71. The molecule has 7 nitrogen and oxygen atoms in total. The molecule has 0 unspecified atom stereocenters. The van der Waals surface area contributed by atoms with Crippen LogP contribution in [-0.4, -0.2) is 60.3 Å². The van der Waals surface area contributed by atoms with E-state index < -0.39 is 53.8 Å². The molecule has 1 aromatic rings. The van der Waals surface area contributed by atoms with E-state index >= 15 is 4.39 Å². The number of Topliss-reactive ketones (excluding diaryl/α,β-unsaturated/α-hetero) is 1. The van der Waals surface area contributed by atoms with E-state index in [2.05, 4.69) is 10.6 Å². The van der Waals surface area contributed by atoms with Crippen LogP contribution in [0.1, 0.15) is 44.6 Å². The number of hydrogen-bond acceptors (Lipinski definition) is 4. The van der Waals surface area contributed by atoms with Gasteiger partial charge in [0.05, 0.1) is 6.04 Å². The van der Waals surface area contributed by atoms with Crippen LogP contribution in [0.15, 0.2) is 24.3 Å². The monoisotopic (exact) mass is 493 g/mol. The third-order valence-electron chi connectivity index (χ3n) is 7.71. The Morgan fingerprint density at radius 2 is 2.03 bits per heavy atom. The number of benzene rings is 1. The van der Waals surface area contributed by atoms with Crippen LogP contribution >= 0.6 is 0 Å². The van der Waals surface area contributed by atoms with Gasteiger partial charge in [0.2, 0.25) is 17.5 Å². The van der Waals surface area contributed by atoms with E-state index in [9.17, 15) is 28.0 Å². The van der Waals surface area contributed by atoms with Gasteiger partial charge in [-0.2, -0.15) is 0 Å². The highest BCUT2D eigenvalue weighted by atomic mass is 19.1. The fraction of sp³-hybridized carbons (Fsp3) is 0.600. The summed E-state index contributed by atoms with van der Waals surface area (Å²) in [5, 5.41) is 5.22. The van der Waals surface area contributed by atoms with Crippen LogP contribution in [0.2, 0.25) is 0 Å². The van der Waals surface area contributed by atoms with Gasteiger partial charge in [0, 0.05) is 24.6 Å². The van der Waals surface area contributed by atoms with Crippen molar-refractivity contribution in [3.05, 3.63) is 35.6 Å². The van der Waals surface area contributed by atoms with Crippen LogP contribution in [0.3, 0.4) is 0 Å². The number of rotatable bonds is 8. The van der Waals surface area contributed by atoms with Crippen molar-refractivity contribution in [2.45, 2.75) is 56.8 Å². The van der Waals surface area contributed by atoms with Gasteiger partial charge in [0.1, 0.15) is 18.5 Å². The lowest BCUT2D eigenvalue weighted by atomic mass is 9.91. The number of carbonyl (C=O) groups excluding carboxylic acids is 4. The molecule has 2 saturated heterocycles. The molecule has 0 bridgehead atoms. The predicted molar refractivity (Wildman–Crippen MR) is 120 cm³/mol. The number of carbonyl (C=O) groups is 4. The molecule has 3 amide bonds. The molecule has 0 spiro atoms. The Hall–Kier alpha value is -2.91. The summed E-state index contributed by atoms with van der Waals surface area (Å²) >= 11 is 0. The molecule has 1 saturated carbocycles. The first-order valence-electron chi connectivity index (χ1n) is 12.1. The quantitative estimate of drug-likeness (QED) is 0.581. The number of hydrogen-bond donors (Lipinski definition) is 2. The zero-order valence-electron chi connectivity index (χ0n) is 19.6. The Kier molecular flexibility index (Phi) is 7.19. The Balaban J connectivity index is 1.57. The Labute approximate surface area is 201 Å². The van der Waals surface area contributed by atoms with Crippen molar-refractivity contribution in [2.75, 3.05) is 19.8 Å². The average Bonchev–Trinajstić information content (AvgIpc) is 3.53. The summed E-state index contributed by atoms with van der Waals surface area (Å²) < 4.78 is 42.8. The second-order valence-corrected chi connectivity index (χ2v) is 9.94. The minimum Gasteiger partial charge on any atom is -0.356 e. The summed E-state index contributed by atoms with van der Waals surface area (Å²) in [5.41, 5.74) is -2.73. The van der Waals surface area contributed by atoms with E-state index in [4.69, 9.17) is 0 Å². The summed E-state index contributed by atoms with van der Waals surface area (Å²) in [6.45, 7) is 0.350. The van der Waals surface area contributed by atoms with Crippen molar-refractivity contribution >= 4 is 23.5 Å². The highest BCUT2D eigenvalue weighted by Crippen LogP contribution is 2.44. The van der Waals surface area contributed by atoms with Gasteiger partial charge >= 0.3 is 0 Å². The average molecular weight is 494 g/mol. The van der Waals surface area contributed by atoms with E-state index in [0.717, 1.165) is 31.9 Å². The molecular weight excluding hydrogens is 463 g/mol. The Morgan fingerprint density at radius 1 is 1.26 bits per heavy atom. The van der Waals surface area contributed by atoms with Crippen LogP contribution in [0, 0.1) is 23.6 Å². The van der Waals surface area contributed by atoms with E-state index in [-0.39, 0.29) is 36.3 Å². The molecule has 190 valence electrons. The number of nitrogens with zero attached hydrogens (tertiary/aromatic N) is 1. The van der Waals surface area contributed by atoms with Crippen molar-refractivity contribution in [1.29, 1.82) is 0 Å². The lowest BCUT2D eigenvalue weighted by Crippen LogP contribution is -2.55. The van der Waals surface area contributed by atoms with Crippen molar-refractivity contribution in [2.24, 2.45) is 17.8 Å². The summed E-state index contributed by atoms with van der Waals surface area (Å²) in [4.78, 5) is 52.3. The first-order valence-corrected chi connectivity index (χ1v) is 12.1. The molecule has 0 aromatic heterocycles. The van der Waals surface area contributed by atoms with E-state index in [1.165, 1.54) is 17.0 Å². The number of fused-ring (bicyclic) bond motifs is 1. The van der Waals surface area contributed by atoms with Crippen LogP contribution < -0.4 is 10.6 Å². The molecule has 10 heteroatoms. The Morgan fingerprint density at radius 3 is 2.69 bits per heavy atom. The highest BCUT2D eigenvalue weighted by Gasteiger charge is 2.53. The second kappa shape index (κ2) is 9.99. The zero-order valence-corrected chi connectivity index (χ0v) is 19.6. The Bertz CT molecular complexity index is 1020. The lowest BCUT2D eigenvalue weighted by molar-refractivity contribution is -0.149. The van der Waals surface area contributed by atoms with Gasteiger partial charge in [-0.05, 0) is 56.6 Å². The van der Waals surface area contributed by atoms with Crippen molar-refractivity contribution < 1.29 is 32.3 Å². The first kappa shape index (κ1) is 25.2. The van der Waals surface area contributed by atoms with Gasteiger partial charge in [0.25, 0.3) is 5.91 Å². The van der Waals surface area contributed by atoms with Gasteiger partial charge in [-0.15, -0.1) is 0 Å². The summed E-state index contributed by atoms with van der Waals surface area (Å²) in [5.74, 6) is -4.17. The fourth-order valence-electron chi connectivity index (χ4n) is 5.80. The van der Waals surface area contributed by atoms with Gasteiger partial charge in [-0.25, -0.2) is 13.2 Å². The van der Waals surface area contributed by atoms with Crippen LogP contribution in [0.25, 0.3) is 0 Å². The van der Waals surface area contributed by atoms with Crippen molar-refractivity contribution in [1.82, 2.24) is 15.5 Å². The number of amides is 3. The number of halogens is 3. The smallest absolute Gasteiger partial charge is 0.265 e. The van der Waals surface area contributed by atoms with Crippen LogP contribution in [-0.2, 0) is 24.8 Å². The standard InChI is InChI=1S/C25H30F3N3O4/c1-25(28,16-5-3-6-17(27)11-16)24(35)31-13-15-4-2-7-18(15)21(31)23(34)30-19(20(32)12-26)10-14-8-9-29-22(14)33/h3,5-6,11,14-15,18-19,21H,2,4,7-10,12-13H2,1H3,(H,29,33)(H,30,34)/t14-,15-,18-,19+,21+,25+/m0/s1. The first-order chi connectivity index (χ1) is 16.6. The highest BCUT2D eigenvalue weighted by molar-refractivity contribution is 5.96. The zero-order chi connectivity index (χ0) is 25.3. The van der Waals surface area contributed by atoms with Gasteiger partial charge in [-0.3, -0.25) is 19.2 Å². The number of nitrogens with one attached hydrogen (secondary N) is 2. The lowest BCUT2D eigenvalue weighted by Gasteiger charge is -2.33. The van der Waals surface area contributed by atoms with E-state index in [0.29, 0.717) is 19.4 Å². The third kappa shape index (κ3) is 4.92. The maximum atomic E-state index is 15.8. The predicted octanol–water partition coefficient (Wildman–Crippen LogP) is 2.19. The number of likely N-dealkylation sites (tertiary alicyclic amines) is 1. The molecule has 3 fully saturated rings. The van der Waals surface area contributed by atoms with E-state index in [1.54, 1.807) is 0 Å². The molecule has 6 atom stereocenters. The fourth-order valence-corrected chi connectivity index (χ4v) is 5.80. The van der Waals surface area contributed by atoms with Crippen LogP contribution in [0.4, 0.5) is 13.2 Å². The number of alkyl halides is 2. The van der Waals surface area contributed by atoms with Crippen molar-refractivity contribution in [3.8, 4) is 0 Å². The molecule has 2 N–H and O–H groups in total. The minimum absolute atomic E-state index is 0.00561. The molecule has 35 heavy (non-hydrogen) atoms. The maximum absolute atomic E-state index is 15.8. The number of ketones is 1. The molecular formula is C25H30F3N3O4. The second-order valence-electron chi connectivity index (χ2n) is 9.94. The maximum Gasteiger partial charge on any atom is 0.265 e. The SMILES string of the molecule is C[C@](F)(C(=O)N1C[C@@H]2CCC[C@@H]2[C@@H]1C(=O)N[C@H](C[C@@H]1CCNC1=O)C(=O)CF)c1cccc(F)c1. The molecule has 4 rings (SSSR count). The largest absolute Gasteiger partial charge is 0.356 e. The topological polar surface area (TPSA) is 95.6 Å². The molecule has 2 heterocycles. The summed E-state index contributed by atoms with van der Waals surface area (Å²) in [7, 11) is 0. The van der Waals surface area contributed by atoms with Gasteiger partial charge in [-0.1, -0.05) is 18.6 Å². The summed E-state index contributed by atoms with van der Waals surface area (Å²) in [6, 6.07) is 2.46. The van der Waals surface area contributed by atoms with Gasteiger partial charge in [0.15, 0.2) is 5.78 Å². The summed E-state index contributed by atoms with van der Waals surface area (Å²) in [6.07, 6.45) is 2.71. The van der Waals surface area contributed by atoms with Crippen molar-refractivity contribution in [3.63, 3.8) is 0 Å². The molecule has 0 radical (unpaired) electrons. The van der Waals surface area contributed by atoms with E-state index in [1.807, 2.05) is 0 Å².